The number of carbonyl (C=O) groups is 4. The molecule has 7 rings (SSSR count). The van der Waals surface area contributed by atoms with Gasteiger partial charge in [0.25, 0.3) is 0 Å². The number of Topliss-reactive ketones (excluding diaryl/α,β-unsaturated/α-hetero) is 1. The number of amides is 2. The molecule has 1 saturated carbocycles. The van der Waals surface area contributed by atoms with Crippen molar-refractivity contribution in [1.82, 2.24) is 20.4 Å². The molecule has 1 spiro atoms. The molecule has 4 heterocycles. The molecule has 12 nitrogen and oxygen atoms in total. The molecular weight excluding hydrogens is 592 g/mol. The summed E-state index contributed by atoms with van der Waals surface area (Å²) in [5, 5.41) is 26.8. The standard InChI is InChI=1S/C18H21NO4.C16H27N3O4/c1-19-8-7-17-14-10-3-4-12(22-2)15(14)23-16(17)11(20)5-6-18(17,21)13(19)9-10;1-10(2)9-12(16(22)23)18-14(20)13-6-4-8-19(13)15(21)11-5-3-7-17-11/h3-4,13,16,21H,5-9H2,1-2H3;10-13,17H,3-9H2,1-2H3,(H,18,20)(H,22,23)/t13-,16+,17+,18-;11-,12-,13-/m10/s1. The number of aliphatic carboxylic acids is 1. The lowest BCUT2D eigenvalue weighted by Crippen LogP contribution is -2.76. The Morgan fingerprint density at radius 3 is 2.63 bits per heavy atom. The average molecular weight is 641 g/mol. The molecule has 2 bridgehead atoms. The fraction of sp³-hybridized carbons (Fsp3) is 0.706. The zero-order valence-corrected chi connectivity index (χ0v) is 27.3. The van der Waals surface area contributed by atoms with Crippen LogP contribution in [-0.4, -0.2) is 113 Å². The van der Waals surface area contributed by atoms with Gasteiger partial charge in [0.05, 0.1) is 24.2 Å². The molecule has 0 radical (unpaired) electrons. The summed E-state index contributed by atoms with van der Waals surface area (Å²) < 4.78 is 11.6. The summed E-state index contributed by atoms with van der Waals surface area (Å²) in [6.07, 6.45) is 5.41. The van der Waals surface area contributed by atoms with E-state index >= 15 is 0 Å². The van der Waals surface area contributed by atoms with E-state index < -0.39 is 35.2 Å². The Labute approximate surface area is 270 Å². The van der Waals surface area contributed by atoms with E-state index in [4.69, 9.17) is 9.47 Å². The van der Waals surface area contributed by atoms with Crippen molar-refractivity contribution in [3.63, 3.8) is 0 Å². The molecule has 2 aliphatic carbocycles. The van der Waals surface area contributed by atoms with Crippen molar-refractivity contribution >= 4 is 23.6 Å². The second-order valence-electron chi connectivity index (χ2n) is 14.3. The molecule has 4 aliphatic heterocycles. The predicted octanol–water partition coefficient (Wildman–Crippen LogP) is 1.39. The zero-order chi connectivity index (χ0) is 33.0. The maximum Gasteiger partial charge on any atom is 0.326 e. The molecule has 6 aliphatic rings. The van der Waals surface area contributed by atoms with Crippen LogP contribution >= 0.6 is 0 Å². The molecule has 4 N–H and O–H groups in total. The van der Waals surface area contributed by atoms with E-state index in [2.05, 4.69) is 28.6 Å². The number of carboxylic acid groups (broad SMARTS) is 1. The zero-order valence-electron chi connectivity index (χ0n) is 27.3. The minimum atomic E-state index is -1.03. The highest BCUT2D eigenvalue weighted by Crippen LogP contribution is 2.64. The van der Waals surface area contributed by atoms with Crippen LogP contribution < -0.4 is 20.1 Å². The summed E-state index contributed by atoms with van der Waals surface area (Å²) in [5.74, 6) is 0.231. The van der Waals surface area contributed by atoms with Gasteiger partial charge in [0.2, 0.25) is 11.8 Å². The van der Waals surface area contributed by atoms with Gasteiger partial charge in [-0.3, -0.25) is 14.4 Å². The maximum absolute atomic E-state index is 12.7. The summed E-state index contributed by atoms with van der Waals surface area (Å²) in [7, 11) is 3.70. The van der Waals surface area contributed by atoms with E-state index in [1.54, 1.807) is 12.0 Å². The second-order valence-corrected chi connectivity index (χ2v) is 14.3. The van der Waals surface area contributed by atoms with Gasteiger partial charge in [-0.1, -0.05) is 19.9 Å². The molecule has 0 aromatic heterocycles. The number of likely N-dealkylation sites (N-methyl/N-ethyl adjacent to an activating group) is 1. The third-order valence-corrected chi connectivity index (χ3v) is 11.2. The fourth-order valence-corrected chi connectivity index (χ4v) is 9.04. The van der Waals surface area contributed by atoms with Gasteiger partial charge in [-0.2, -0.15) is 0 Å². The smallest absolute Gasteiger partial charge is 0.326 e. The Hall–Kier alpha value is -3.22. The Bertz CT molecular complexity index is 1400. The number of methoxy groups -OCH3 is 1. The molecule has 12 heteroatoms. The third kappa shape index (κ3) is 5.16. The van der Waals surface area contributed by atoms with Crippen LogP contribution in [0.1, 0.15) is 76.3 Å². The molecule has 46 heavy (non-hydrogen) atoms. The van der Waals surface area contributed by atoms with E-state index in [1.165, 1.54) is 5.56 Å². The van der Waals surface area contributed by atoms with E-state index in [-0.39, 0.29) is 35.6 Å². The number of aliphatic hydroxyl groups is 1. The normalized spacial score (nSPS) is 33.1. The monoisotopic (exact) mass is 640 g/mol. The van der Waals surface area contributed by atoms with Crippen molar-refractivity contribution in [2.45, 2.75) is 113 Å². The van der Waals surface area contributed by atoms with Gasteiger partial charge in [0.15, 0.2) is 23.4 Å². The Kier molecular flexibility index (Phi) is 8.84. The summed E-state index contributed by atoms with van der Waals surface area (Å²) >= 11 is 0. The van der Waals surface area contributed by atoms with Crippen molar-refractivity contribution in [3.8, 4) is 11.5 Å². The molecule has 0 unspecified atom stereocenters. The van der Waals surface area contributed by atoms with Crippen LogP contribution in [0.5, 0.6) is 11.5 Å². The van der Waals surface area contributed by atoms with Crippen molar-refractivity contribution in [3.05, 3.63) is 23.3 Å². The van der Waals surface area contributed by atoms with Crippen molar-refractivity contribution in [1.29, 1.82) is 0 Å². The van der Waals surface area contributed by atoms with Crippen molar-refractivity contribution in [2.24, 2.45) is 5.92 Å². The number of hydrogen-bond donors (Lipinski definition) is 4. The highest BCUT2D eigenvalue weighted by molar-refractivity contribution is 5.92. The first-order chi connectivity index (χ1) is 21.9. The number of nitrogens with one attached hydrogen (secondary N) is 2. The van der Waals surface area contributed by atoms with Crippen LogP contribution in [-0.2, 0) is 31.0 Å². The lowest BCUT2D eigenvalue weighted by Gasteiger charge is -2.62. The molecule has 2 amide bonds. The van der Waals surface area contributed by atoms with Gasteiger partial charge in [-0.15, -0.1) is 0 Å². The molecule has 7 atom stereocenters. The molecule has 3 saturated heterocycles. The quantitative estimate of drug-likeness (QED) is 0.343. The minimum Gasteiger partial charge on any atom is -0.493 e. The number of carbonyl (C=O) groups excluding carboxylic acids is 3. The first kappa shape index (κ1) is 32.7. The first-order valence-electron chi connectivity index (χ1n) is 16.8. The summed E-state index contributed by atoms with van der Waals surface area (Å²) in [4.78, 5) is 52.8. The van der Waals surface area contributed by atoms with E-state index in [0.29, 0.717) is 43.7 Å². The van der Waals surface area contributed by atoms with Gasteiger partial charge in [0.1, 0.15) is 12.1 Å². The molecule has 1 aromatic rings. The van der Waals surface area contributed by atoms with E-state index in [9.17, 15) is 29.4 Å². The summed E-state index contributed by atoms with van der Waals surface area (Å²) in [6, 6.07) is 2.41. The minimum absolute atomic E-state index is 0.0316. The van der Waals surface area contributed by atoms with Crippen LogP contribution in [0.15, 0.2) is 12.1 Å². The second kappa shape index (κ2) is 12.4. The van der Waals surface area contributed by atoms with E-state index in [0.717, 1.165) is 50.8 Å². The number of carboxylic acids is 1. The molecule has 1 aromatic carbocycles. The van der Waals surface area contributed by atoms with Crippen molar-refractivity contribution in [2.75, 3.05) is 33.8 Å². The van der Waals surface area contributed by atoms with Crippen LogP contribution in [0.2, 0.25) is 0 Å². The number of ether oxygens (including phenoxy) is 2. The number of ketones is 1. The van der Waals surface area contributed by atoms with Crippen LogP contribution in [0.3, 0.4) is 0 Å². The Morgan fingerprint density at radius 1 is 1.17 bits per heavy atom. The molecule has 4 fully saturated rings. The number of benzene rings is 1. The average Bonchev–Trinajstić information content (AvgIpc) is 3.79. The predicted molar refractivity (Wildman–Crippen MR) is 168 cm³/mol. The lowest BCUT2D eigenvalue weighted by molar-refractivity contribution is -0.185. The van der Waals surface area contributed by atoms with E-state index in [1.807, 2.05) is 19.9 Å². The SMILES string of the molecule is CC(C)C[C@H](NC(=O)[C@@H]1CCCN1C(=O)[C@@H]1CCCN1)C(=O)O.COc1ccc2c3c1O[C@H]1C(=O)CC[C@@]4(O)[C@@H](C2)N(C)CC[C@]314. The summed E-state index contributed by atoms with van der Waals surface area (Å²) in [6.45, 7) is 6.10. The Morgan fingerprint density at radius 2 is 1.96 bits per heavy atom. The number of nitrogens with zero attached hydrogens (tertiary/aromatic N) is 2. The van der Waals surface area contributed by atoms with Crippen LogP contribution in [0.4, 0.5) is 0 Å². The van der Waals surface area contributed by atoms with Gasteiger partial charge in [0, 0.05) is 24.6 Å². The van der Waals surface area contributed by atoms with Gasteiger partial charge in [-0.05, 0) is 89.1 Å². The number of likely N-dealkylation sites (tertiary alicyclic amines) is 2. The lowest BCUT2D eigenvalue weighted by atomic mass is 9.49. The molecule has 252 valence electrons. The topological polar surface area (TPSA) is 158 Å². The third-order valence-electron chi connectivity index (χ3n) is 11.2. The van der Waals surface area contributed by atoms with Crippen LogP contribution in [0.25, 0.3) is 0 Å². The van der Waals surface area contributed by atoms with Gasteiger partial charge < -0.3 is 40.1 Å². The maximum atomic E-state index is 12.7. The number of rotatable bonds is 7. The fourth-order valence-electron chi connectivity index (χ4n) is 9.04. The number of piperidine rings is 1. The highest BCUT2D eigenvalue weighted by Gasteiger charge is 2.72. The van der Waals surface area contributed by atoms with Gasteiger partial charge in [-0.25, -0.2) is 4.79 Å². The number of hydrogen-bond acceptors (Lipinski definition) is 9. The molecular formula is C34H48N4O8. The first-order valence-corrected chi connectivity index (χ1v) is 16.8. The van der Waals surface area contributed by atoms with Gasteiger partial charge >= 0.3 is 5.97 Å². The summed E-state index contributed by atoms with van der Waals surface area (Å²) in [5.41, 5.74) is 0.737. The van der Waals surface area contributed by atoms with Crippen molar-refractivity contribution < 1.29 is 38.9 Å². The van der Waals surface area contributed by atoms with Crippen LogP contribution in [0, 0.1) is 5.92 Å². The Balaban J connectivity index is 0.000000162. The highest BCUT2D eigenvalue weighted by atomic mass is 16.5. The largest absolute Gasteiger partial charge is 0.493 e.